The lowest BCUT2D eigenvalue weighted by atomic mass is 10.1. The van der Waals surface area contributed by atoms with Gasteiger partial charge >= 0.3 is 5.97 Å². The molecule has 1 N–H and O–H groups in total. The highest BCUT2D eigenvalue weighted by molar-refractivity contribution is 9.10. The van der Waals surface area contributed by atoms with E-state index in [-0.39, 0.29) is 11.4 Å². The summed E-state index contributed by atoms with van der Waals surface area (Å²) in [6.07, 6.45) is 1.80. The predicted octanol–water partition coefficient (Wildman–Crippen LogP) is 2.08. The fourth-order valence-electron chi connectivity index (χ4n) is 2.18. The second-order valence-corrected chi connectivity index (χ2v) is 7.23. The van der Waals surface area contributed by atoms with Gasteiger partial charge in [-0.15, -0.1) is 0 Å². The van der Waals surface area contributed by atoms with Crippen LogP contribution in [0.3, 0.4) is 0 Å². The van der Waals surface area contributed by atoms with E-state index in [2.05, 4.69) is 15.9 Å². The number of hydrogen-bond acceptors (Lipinski definition) is 3. The zero-order chi connectivity index (χ0) is 14.0. The summed E-state index contributed by atoms with van der Waals surface area (Å²) in [6, 6.07) is 5.27. The normalized spacial score (nSPS) is 21.2. The lowest BCUT2D eigenvalue weighted by Crippen LogP contribution is -2.47. The first-order valence-electron chi connectivity index (χ1n) is 5.93. The average Bonchev–Trinajstić information content (AvgIpc) is 2.39. The molecule has 1 saturated heterocycles. The molecule has 1 aliphatic heterocycles. The van der Waals surface area contributed by atoms with Crippen molar-refractivity contribution in [3.05, 3.63) is 28.7 Å². The van der Waals surface area contributed by atoms with Gasteiger partial charge in [0.25, 0.3) is 0 Å². The first-order chi connectivity index (χ1) is 8.93. The predicted molar refractivity (Wildman–Crippen MR) is 73.3 cm³/mol. The summed E-state index contributed by atoms with van der Waals surface area (Å²) in [5, 5.41) is 9.15. The summed E-state index contributed by atoms with van der Waals surface area (Å²) >= 11 is 3.24. The van der Waals surface area contributed by atoms with Crippen LogP contribution in [-0.2, 0) is 14.8 Å². The van der Waals surface area contributed by atoms with Crippen LogP contribution in [0.25, 0.3) is 0 Å². The zero-order valence-electron chi connectivity index (χ0n) is 10.1. The van der Waals surface area contributed by atoms with Crippen LogP contribution in [0.2, 0.25) is 0 Å². The molecule has 104 valence electrons. The number of carboxylic acid groups (broad SMARTS) is 1. The Kier molecular flexibility index (Phi) is 4.27. The summed E-state index contributed by atoms with van der Waals surface area (Å²) in [6.45, 7) is 0.259. The van der Waals surface area contributed by atoms with Gasteiger partial charge in [0.05, 0.1) is 4.90 Å². The molecule has 0 aliphatic carbocycles. The molecule has 1 aliphatic rings. The van der Waals surface area contributed by atoms with Gasteiger partial charge in [-0.1, -0.05) is 15.9 Å². The maximum atomic E-state index is 12.5. The first kappa shape index (κ1) is 14.5. The number of benzene rings is 1. The number of hydrogen-bond donors (Lipinski definition) is 1. The van der Waals surface area contributed by atoms with Gasteiger partial charge in [-0.05, 0) is 43.5 Å². The van der Waals surface area contributed by atoms with Crippen LogP contribution in [0.4, 0.5) is 0 Å². The zero-order valence-corrected chi connectivity index (χ0v) is 12.5. The summed E-state index contributed by atoms with van der Waals surface area (Å²) < 4.78 is 26.8. The molecular weight excluding hydrogens is 334 g/mol. The highest BCUT2D eigenvalue weighted by Crippen LogP contribution is 2.26. The molecule has 1 fully saturated rings. The Morgan fingerprint density at radius 1 is 1.26 bits per heavy atom. The van der Waals surface area contributed by atoms with Crippen LogP contribution in [0.5, 0.6) is 0 Å². The third kappa shape index (κ3) is 2.98. The molecule has 1 atom stereocenters. The molecule has 0 spiro atoms. The molecule has 1 aromatic carbocycles. The van der Waals surface area contributed by atoms with Gasteiger partial charge in [-0.25, -0.2) is 8.42 Å². The Morgan fingerprint density at radius 2 is 1.89 bits per heavy atom. The molecule has 7 heteroatoms. The average molecular weight is 348 g/mol. The van der Waals surface area contributed by atoms with E-state index in [1.807, 2.05) is 0 Å². The quantitative estimate of drug-likeness (QED) is 0.908. The van der Waals surface area contributed by atoms with Crippen molar-refractivity contribution >= 4 is 31.9 Å². The molecule has 19 heavy (non-hydrogen) atoms. The van der Waals surface area contributed by atoms with Crippen molar-refractivity contribution in [1.29, 1.82) is 0 Å². The van der Waals surface area contributed by atoms with E-state index < -0.39 is 22.0 Å². The van der Waals surface area contributed by atoms with Crippen LogP contribution in [0, 0.1) is 0 Å². The Hall–Kier alpha value is -0.920. The molecule has 0 saturated carbocycles. The van der Waals surface area contributed by atoms with Crippen molar-refractivity contribution in [2.24, 2.45) is 0 Å². The van der Waals surface area contributed by atoms with Gasteiger partial charge in [0.1, 0.15) is 6.04 Å². The monoisotopic (exact) mass is 347 g/mol. The van der Waals surface area contributed by atoms with E-state index in [0.29, 0.717) is 12.8 Å². The van der Waals surface area contributed by atoms with Gasteiger partial charge in [0, 0.05) is 11.0 Å². The summed E-state index contributed by atoms with van der Waals surface area (Å²) in [7, 11) is -3.74. The number of rotatable bonds is 3. The Morgan fingerprint density at radius 3 is 2.47 bits per heavy atom. The van der Waals surface area contributed by atoms with Gasteiger partial charge in [-0.3, -0.25) is 4.79 Å². The number of sulfonamides is 1. The van der Waals surface area contributed by atoms with E-state index in [0.717, 1.165) is 15.2 Å². The van der Waals surface area contributed by atoms with Gasteiger partial charge in [0.2, 0.25) is 10.0 Å². The standard InChI is InChI=1S/C12H14BrNO4S/c13-9-4-6-10(7-5-9)19(17,18)14-8-2-1-3-11(14)12(15)16/h4-7,11H,1-3,8H2,(H,15,16). The highest BCUT2D eigenvalue weighted by atomic mass is 79.9. The largest absolute Gasteiger partial charge is 0.480 e. The number of aliphatic carboxylic acids is 1. The lowest BCUT2D eigenvalue weighted by Gasteiger charge is -2.31. The van der Waals surface area contributed by atoms with E-state index in [9.17, 15) is 13.2 Å². The van der Waals surface area contributed by atoms with E-state index in [1.165, 1.54) is 12.1 Å². The second-order valence-electron chi connectivity index (χ2n) is 4.42. The van der Waals surface area contributed by atoms with Crippen molar-refractivity contribution < 1.29 is 18.3 Å². The van der Waals surface area contributed by atoms with Crippen molar-refractivity contribution in [3.8, 4) is 0 Å². The maximum Gasteiger partial charge on any atom is 0.322 e. The molecule has 5 nitrogen and oxygen atoms in total. The second kappa shape index (κ2) is 5.60. The van der Waals surface area contributed by atoms with Gasteiger partial charge < -0.3 is 5.11 Å². The minimum Gasteiger partial charge on any atom is -0.480 e. The highest BCUT2D eigenvalue weighted by Gasteiger charge is 2.37. The molecule has 0 aromatic heterocycles. The molecule has 0 bridgehead atoms. The van der Waals surface area contributed by atoms with Crippen molar-refractivity contribution in [2.45, 2.75) is 30.2 Å². The molecule has 1 unspecified atom stereocenters. The minimum absolute atomic E-state index is 0.129. The number of carboxylic acids is 1. The van der Waals surface area contributed by atoms with E-state index >= 15 is 0 Å². The van der Waals surface area contributed by atoms with Gasteiger partial charge in [0.15, 0.2) is 0 Å². The number of halogens is 1. The molecule has 2 rings (SSSR count). The molecular formula is C12H14BrNO4S. The molecule has 1 heterocycles. The summed E-state index contributed by atoms with van der Waals surface area (Å²) in [5.41, 5.74) is 0. The lowest BCUT2D eigenvalue weighted by molar-refractivity contribution is -0.142. The Labute approximate surface area is 120 Å². The minimum atomic E-state index is -3.74. The SMILES string of the molecule is O=C(O)C1CCCCN1S(=O)(=O)c1ccc(Br)cc1. The van der Waals surface area contributed by atoms with Crippen LogP contribution >= 0.6 is 15.9 Å². The Balaban J connectivity index is 2.37. The van der Waals surface area contributed by atoms with Crippen LogP contribution in [0.15, 0.2) is 33.6 Å². The Bertz CT molecular complexity index is 570. The number of carbonyl (C=O) groups is 1. The maximum absolute atomic E-state index is 12.5. The summed E-state index contributed by atoms with van der Waals surface area (Å²) in [5.74, 6) is -1.08. The van der Waals surface area contributed by atoms with Crippen molar-refractivity contribution in [1.82, 2.24) is 4.31 Å². The van der Waals surface area contributed by atoms with Crippen molar-refractivity contribution in [2.75, 3.05) is 6.54 Å². The first-order valence-corrected chi connectivity index (χ1v) is 8.16. The van der Waals surface area contributed by atoms with Crippen LogP contribution in [-0.4, -0.2) is 36.4 Å². The summed E-state index contributed by atoms with van der Waals surface area (Å²) in [4.78, 5) is 11.3. The third-order valence-corrected chi connectivity index (χ3v) is 5.61. The van der Waals surface area contributed by atoms with Crippen LogP contribution < -0.4 is 0 Å². The van der Waals surface area contributed by atoms with Crippen LogP contribution in [0.1, 0.15) is 19.3 Å². The molecule has 0 amide bonds. The fraction of sp³-hybridized carbons (Fsp3) is 0.417. The number of nitrogens with zero attached hydrogens (tertiary/aromatic N) is 1. The molecule has 0 radical (unpaired) electrons. The number of piperidine rings is 1. The third-order valence-electron chi connectivity index (χ3n) is 3.16. The molecule has 1 aromatic rings. The smallest absolute Gasteiger partial charge is 0.322 e. The fourth-order valence-corrected chi connectivity index (χ4v) is 4.10. The van der Waals surface area contributed by atoms with E-state index in [1.54, 1.807) is 12.1 Å². The topological polar surface area (TPSA) is 74.7 Å². The van der Waals surface area contributed by atoms with Gasteiger partial charge in [-0.2, -0.15) is 4.31 Å². The van der Waals surface area contributed by atoms with Crippen molar-refractivity contribution in [3.63, 3.8) is 0 Å². The van der Waals surface area contributed by atoms with E-state index in [4.69, 9.17) is 5.11 Å².